The number of hydrogen-bond acceptors (Lipinski definition) is 17. The quantitative estimate of drug-likeness (QED) is 0.0365. The highest BCUT2D eigenvalue weighted by molar-refractivity contribution is 9.10. The molecular weight excluding hydrogens is 1240 g/mol. The van der Waals surface area contributed by atoms with Crippen LogP contribution in [-0.2, 0) is 31.6 Å². The highest BCUT2D eigenvalue weighted by Crippen LogP contribution is 2.27. The number of rotatable bonds is 9. The van der Waals surface area contributed by atoms with Gasteiger partial charge in [0.05, 0.1) is 25.1 Å². The highest BCUT2D eigenvalue weighted by atomic mass is 79.9. The molecule has 5 aromatic carbocycles. The smallest absolute Gasteiger partial charge is 0.427 e. The first kappa shape index (κ1) is 61.5. The molecule has 0 fully saturated rings. The van der Waals surface area contributed by atoms with Crippen LogP contribution in [0.15, 0.2) is 164 Å². The van der Waals surface area contributed by atoms with Gasteiger partial charge in [-0.05, 0) is 51.3 Å². The third-order valence-corrected chi connectivity index (χ3v) is 13.8. The fourth-order valence-corrected chi connectivity index (χ4v) is 9.57. The second kappa shape index (κ2) is 30.1. The molecule has 0 bridgehead atoms. The Hall–Kier alpha value is -8.59. The van der Waals surface area contributed by atoms with Crippen LogP contribution in [0.25, 0.3) is 44.7 Å². The Bertz CT molecular complexity index is 4250. The Kier molecular flexibility index (Phi) is 22.0. The minimum atomic E-state index is -1.23. The number of hydrogen-bond donors (Lipinski definition) is 10. The van der Waals surface area contributed by atoms with E-state index in [1.807, 2.05) is 89.5 Å². The molecule has 0 radical (unpaired) electrons. The van der Waals surface area contributed by atoms with E-state index in [-0.39, 0.29) is 5.49 Å². The number of anilines is 3. The van der Waals surface area contributed by atoms with E-state index in [1.54, 1.807) is 36.7 Å². The number of nitrogens with two attached hydrogens (primary N) is 3. The van der Waals surface area contributed by atoms with Crippen molar-refractivity contribution in [3.05, 3.63) is 229 Å². The number of benzene rings is 5. The average molecular weight is 1290 g/mol. The molecule has 0 saturated carbocycles. The lowest BCUT2D eigenvalue weighted by atomic mass is 9.82. The van der Waals surface area contributed by atoms with Crippen LogP contribution in [-0.4, -0.2) is 96.5 Å². The number of nitrogens with one attached hydrogen (secondary N) is 5. The van der Waals surface area contributed by atoms with E-state index in [0.717, 1.165) is 40.3 Å². The van der Waals surface area contributed by atoms with Gasteiger partial charge in [0.1, 0.15) is 52.7 Å². The first-order chi connectivity index (χ1) is 40.6. The molecule has 22 nitrogen and oxygen atoms in total. The summed E-state index contributed by atoms with van der Waals surface area (Å²) in [6.45, 7) is 0.428. The van der Waals surface area contributed by atoms with E-state index in [1.165, 1.54) is 30.9 Å². The van der Waals surface area contributed by atoms with Crippen LogP contribution in [0.2, 0.25) is 20.1 Å². The fourth-order valence-electron chi connectivity index (χ4n) is 7.73. The Labute approximate surface area is 512 Å². The molecule has 0 saturated heterocycles. The van der Waals surface area contributed by atoms with Crippen LogP contribution in [0.4, 0.5) is 17.5 Å². The molecule has 13 rings (SSSR count). The summed E-state index contributed by atoms with van der Waals surface area (Å²) in [6, 6.07) is 40.3. The number of imidazole rings is 4. The third-order valence-electron chi connectivity index (χ3n) is 11.8. The van der Waals surface area contributed by atoms with Gasteiger partial charge in [-0.25, -0.2) is 54.8 Å². The first-order valence-electron chi connectivity index (χ1n) is 25.0. The van der Waals surface area contributed by atoms with Crippen molar-refractivity contribution < 1.29 is 10.0 Å². The van der Waals surface area contributed by atoms with E-state index in [0.29, 0.717) is 112 Å². The van der Waals surface area contributed by atoms with Gasteiger partial charge in [-0.2, -0.15) is 0 Å². The number of aromatic amines is 4. The molecule has 8 heterocycles. The van der Waals surface area contributed by atoms with E-state index in [4.69, 9.17) is 90.7 Å². The predicted molar refractivity (Wildman–Crippen MR) is 334 cm³/mol. The molecule has 84 heavy (non-hydrogen) atoms. The molecule has 0 aliphatic rings. The van der Waals surface area contributed by atoms with Gasteiger partial charge in [0, 0.05) is 50.4 Å². The van der Waals surface area contributed by atoms with Gasteiger partial charge in [0.2, 0.25) is 0 Å². The molecule has 13 aromatic rings. The molecule has 8 aromatic heterocycles. The van der Waals surface area contributed by atoms with Crippen LogP contribution < -0.4 is 22.7 Å². The lowest BCUT2D eigenvalue weighted by Crippen LogP contribution is -2.14. The number of halogens is 6. The number of H-pyrrole nitrogens is 4. The fraction of sp³-hybridized carbons (Fsp3) is 0.0909. The van der Waals surface area contributed by atoms with Crippen molar-refractivity contribution in [2.45, 2.75) is 31.6 Å². The van der Waals surface area contributed by atoms with Crippen LogP contribution in [0, 0.1) is 5.41 Å². The van der Waals surface area contributed by atoms with Gasteiger partial charge in [-0.3, -0.25) is 5.41 Å². The molecule has 0 amide bonds. The summed E-state index contributed by atoms with van der Waals surface area (Å²) in [5.41, 5.74) is 26.9. The first-order valence-corrected chi connectivity index (χ1v) is 27.8. The monoisotopic (exact) mass is 1290 g/mol. The standard InChI is InChI=1S/C19H15Cl2N5.C12H11N5.C7H9BO2.C7H5Cl3.C5H4BrN5.C5H5N5/c20-14-7-4-8-15(21)13(14)10-26-11-23-18(22)17-19(26)25-16(24-17)9-12-5-2-1-3-6-12;13-11-10-12(15-7-14-11)17-9(16-10)6-8-4-2-1-3-5-8;9-8(10)6-7-4-2-1-3-5-7;8-4-5-6(9)2-1-3-7(5)10;6-5-10-2-3(7)8-1-9-4(2)11-5;6-4-3-5(9-1-7-3)10-2-8-4/h1-8,11,22H,9-10H2,(H,24,25);1-5,7H,6H2,(H3,13,14,15,16,17);1-5,9-10H,6H2;1-3H,4H2;1H,(H3,7,8,9,10,11);1-2H,(H3,6,7,8,9,10). The summed E-state index contributed by atoms with van der Waals surface area (Å²) in [6.07, 6.45) is 9.01. The zero-order valence-corrected chi connectivity index (χ0v) is 49.3. The predicted octanol–water partition coefficient (Wildman–Crippen LogP) is 10.3. The van der Waals surface area contributed by atoms with Gasteiger partial charge in [0.15, 0.2) is 50.3 Å². The molecule has 0 aliphatic heterocycles. The van der Waals surface area contributed by atoms with Crippen molar-refractivity contribution in [1.29, 1.82) is 5.41 Å². The number of nitrogens with zero attached hydrogens (tertiary/aromatic N) is 12. The number of aromatic nitrogens is 16. The number of alkyl halides is 1. The lowest BCUT2D eigenvalue weighted by molar-refractivity contribution is 0.405. The molecular formula is C55H49BBrCl5N20O2. The van der Waals surface area contributed by atoms with Crippen LogP contribution in [0.3, 0.4) is 0 Å². The summed E-state index contributed by atoms with van der Waals surface area (Å²) in [5, 5.41) is 27.6. The van der Waals surface area contributed by atoms with E-state index < -0.39 is 7.12 Å². The van der Waals surface area contributed by atoms with Crippen LogP contribution in [0.1, 0.15) is 39.5 Å². The zero-order chi connectivity index (χ0) is 59.5. The molecule has 0 unspecified atom stereocenters. The summed E-state index contributed by atoms with van der Waals surface area (Å²) < 4.78 is 2.46. The maximum Gasteiger partial charge on any atom is 0.456 e. The average Bonchev–Trinajstić information content (AvgIpc) is 4.53. The summed E-state index contributed by atoms with van der Waals surface area (Å²) >= 11 is 32.8. The van der Waals surface area contributed by atoms with Crippen molar-refractivity contribution in [2.24, 2.45) is 0 Å². The second-order valence-corrected chi connectivity index (χ2v) is 20.3. The van der Waals surface area contributed by atoms with Crippen LogP contribution >= 0.6 is 73.9 Å². The Balaban J connectivity index is 0.000000138. The third kappa shape index (κ3) is 17.0. The topological polar surface area (TPSA) is 352 Å². The van der Waals surface area contributed by atoms with Gasteiger partial charge in [0.25, 0.3) is 0 Å². The molecule has 426 valence electrons. The second-order valence-electron chi connectivity index (χ2n) is 17.6. The summed E-state index contributed by atoms with van der Waals surface area (Å²) in [5.74, 6) is 3.26. The van der Waals surface area contributed by atoms with Crippen molar-refractivity contribution in [3.8, 4) is 0 Å². The molecule has 0 aliphatic carbocycles. The van der Waals surface area contributed by atoms with E-state index in [2.05, 4.69) is 103 Å². The maximum absolute atomic E-state index is 8.56. The molecule has 0 atom stereocenters. The van der Waals surface area contributed by atoms with Crippen molar-refractivity contribution >= 4 is 143 Å². The normalized spacial score (nSPS) is 10.6. The Morgan fingerprint density at radius 1 is 0.512 bits per heavy atom. The minimum absolute atomic E-state index is 0.160. The van der Waals surface area contributed by atoms with E-state index in [9.17, 15) is 0 Å². The Morgan fingerprint density at radius 2 is 0.976 bits per heavy atom. The van der Waals surface area contributed by atoms with E-state index >= 15 is 0 Å². The Morgan fingerprint density at radius 3 is 1.46 bits per heavy atom. The molecule has 0 spiro atoms. The van der Waals surface area contributed by atoms with Crippen molar-refractivity contribution in [3.63, 3.8) is 0 Å². The maximum atomic E-state index is 8.56. The molecule has 29 heteroatoms. The number of fused-ring (bicyclic) bond motifs is 4. The van der Waals surface area contributed by atoms with Gasteiger partial charge < -0.3 is 51.8 Å². The van der Waals surface area contributed by atoms with Crippen molar-refractivity contribution in [2.75, 3.05) is 17.2 Å². The van der Waals surface area contributed by atoms with Gasteiger partial charge in [-0.15, -0.1) is 11.6 Å². The largest absolute Gasteiger partial charge is 0.456 e. The summed E-state index contributed by atoms with van der Waals surface area (Å²) in [7, 11) is -1.23. The minimum Gasteiger partial charge on any atom is -0.427 e. The number of nitrogen functional groups attached to an aromatic ring is 3. The summed E-state index contributed by atoms with van der Waals surface area (Å²) in [4.78, 5) is 56.5. The SMILES string of the molecule is ClCc1c(Cl)cccc1Cl.N=c1ncn(Cc2c(Cl)cccc2Cl)c2nc(Cc3ccccc3)[nH]c12.Nc1ncnc2nc(Br)[nH]c12.Nc1ncnc2nc(Cc3ccccc3)[nH]c12.Nc1ncnc2nc[nH]c12.OB(O)Cc1ccccc1. The van der Waals surface area contributed by atoms with Gasteiger partial charge >= 0.3 is 7.12 Å². The lowest BCUT2D eigenvalue weighted by Gasteiger charge is -2.10. The van der Waals surface area contributed by atoms with Gasteiger partial charge in [-0.1, -0.05) is 155 Å². The zero-order valence-electron chi connectivity index (χ0n) is 43.9. The van der Waals surface area contributed by atoms with Crippen LogP contribution in [0.5, 0.6) is 0 Å². The van der Waals surface area contributed by atoms with Crippen molar-refractivity contribution in [1.82, 2.24) is 79.3 Å². The highest BCUT2D eigenvalue weighted by Gasteiger charge is 2.14. The molecule has 13 N–H and O–H groups in total.